The summed E-state index contributed by atoms with van der Waals surface area (Å²) in [4.78, 5) is 0. The molecule has 0 amide bonds. The van der Waals surface area contributed by atoms with E-state index < -0.39 is 17.8 Å². The monoisotopic (exact) mass is 234 g/mol. The highest BCUT2D eigenvalue weighted by Gasteiger charge is 2.65. The van der Waals surface area contributed by atoms with Crippen LogP contribution in [0.3, 0.4) is 0 Å². The third kappa shape index (κ3) is 3.14. The van der Waals surface area contributed by atoms with Crippen LogP contribution in [0.5, 0.6) is 0 Å². The Hall–Kier alpha value is -0.680. The highest BCUT2D eigenvalue weighted by atomic mass is 19.4. The first kappa shape index (κ1) is 14.3. The SMILES string of the molecule is CC(C)/C=C/C(C)(C(F)(F)F)C(F)(F)F. The van der Waals surface area contributed by atoms with Crippen LogP contribution in [0.25, 0.3) is 0 Å². The van der Waals surface area contributed by atoms with Crippen molar-refractivity contribution in [1.29, 1.82) is 0 Å². The molecule has 0 aromatic heterocycles. The molecule has 0 heterocycles. The highest BCUT2D eigenvalue weighted by Crippen LogP contribution is 2.51. The number of halogens is 6. The summed E-state index contributed by atoms with van der Waals surface area (Å²) < 4.78 is 73.7. The van der Waals surface area contributed by atoms with Gasteiger partial charge in [-0.15, -0.1) is 0 Å². The predicted octanol–water partition coefficient (Wildman–Crippen LogP) is 4.33. The maximum absolute atomic E-state index is 12.3. The van der Waals surface area contributed by atoms with Gasteiger partial charge in [0.2, 0.25) is 0 Å². The molecule has 0 unspecified atom stereocenters. The Morgan fingerprint density at radius 1 is 0.867 bits per heavy atom. The molecule has 6 heteroatoms. The Balaban J connectivity index is 5.25. The van der Waals surface area contributed by atoms with E-state index in [-0.39, 0.29) is 18.9 Å². The fourth-order valence-corrected chi connectivity index (χ4v) is 0.735. The van der Waals surface area contributed by atoms with Crippen molar-refractivity contribution in [2.24, 2.45) is 11.3 Å². The Kier molecular flexibility index (Phi) is 3.87. The van der Waals surface area contributed by atoms with Crippen molar-refractivity contribution in [3.05, 3.63) is 12.2 Å². The van der Waals surface area contributed by atoms with Gasteiger partial charge < -0.3 is 0 Å². The van der Waals surface area contributed by atoms with Crippen molar-refractivity contribution in [2.75, 3.05) is 0 Å². The molecule has 0 aliphatic carbocycles. The maximum Gasteiger partial charge on any atom is 0.406 e. The second-order valence-corrected chi connectivity index (χ2v) is 3.80. The molecule has 0 bridgehead atoms. The average Bonchev–Trinajstić information content (AvgIpc) is 1.95. The van der Waals surface area contributed by atoms with Crippen molar-refractivity contribution in [3.63, 3.8) is 0 Å². The van der Waals surface area contributed by atoms with Gasteiger partial charge in [-0.2, -0.15) is 26.3 Å². The molecule has 0 atom stereocenters. The molecule has 0 fully saturated rings. The smallest absolute Gasteiger partial charge is 0.170 e. The van der Waals surface area contributed by atoms with Crippen LogP contribution in [0, 0.1) is 11.3 Å². The van der Waals surface area contributed by atoms with Gasteiger partial charge in [-0.1, -0.05) is 26.0 Å². The molecule has 0 saturated heterocycles. The first-order chi connectivity index (χ1) is 6.42. The van der Waals surface area contributed by atoms with Gasteiger partial charge in [-0.05, 0) is 12.8 Å². The molecule has 0 nitrogen and oxygen atoms in total. The van der Waals surface area contributed by atoms with E-state index in [9.17, 15) is 26.3 Å². The zero-order chi connectivity index (χ0) is 12.5. The molecular weight excluding hydrogens is 222 g/mol. The second kappa shape index (κ2) is 4.06. The average molecular weight is 234 g/mol. The molecule has 0 rings (SSSR count). The van der Waals surface area contributed by atoms with E-state index in [0.717, 1.165) is 6.08 Å². The first-order valence-corrected chi connectivity index (χ1v) is 4.24. The fourth-order valence-electron chi connectivity index (χ4n) is 0.735. The van der Waals surface area contributed by atoms with Crippen molar-refractivity contribution < 1.29 is 26.3 Å². The Labute approximate surface area is 84.0 Å². The maximum atomic E-state index is 12.3. The van der Waals surface area contributed by atoms with E-state index in [1.165, 1.54) is 13.8 Å². The van der Waals surface area contributed by atoms with Gasteiger partial charge in [0.1, 0.15) is 0 Å². The van der Waals surface area contributed by atoms with Crippen LogP contribution in [-0.2, 0) is 0 Å². The molecule has 90 valence electrons. The van der Waals surface area contributed by atoms with Crippen LogP contribution in [0.4, 0.5) is 26.3 Å². The standard InChI is InChI=1S/C9H12F6/c1-6(2)4-5-7(3,8(10,11)12)9(13,14)15/h4-6H,1-3H3/b5-4+. The van der Waals surface area contributed by atoms with Gasteiger partial charge in [0, 0.05) is 0 Å². The van der Waals surface area contributed by atoms with Crippen LogP contribution in [-0.4, -0.2) is 12.4 Å². The summed E-state index contributed by atoms with van der Waals surface area (Å²) in [6.45, 7) is 3.14. The summed E-state index contributed by atoms with van der Waals surface area (Å²) in [5.41, 5.74) is -3.77. The minimum absolute atomic E-state index is 0.131. The fraction of sp³-hybridized carbons (Fsp3) is 0.778. The van der Waals surface area contributed by atoms with E-state index >= 15 is 0 Å². The zero-order valence-corrected chi connectivity index (χ0v) is 8.50. The van der Waals surface area contributed by atoms with E-state index in [4.69, 9.17) is 0 Å². The number of alkyl halides is 6. The number of rotatable bonds is 2. The van der Waals surface area contributed by atoms with Gasteiger partial charge in [-0.3, -0.25) is 0 Å². The van der Waals surface area contributed by atoms with Crippen LogP contribution in [0.15, 0.2) is 12.2 Å². The molecule has 0 spiro atoms. The molecule has 0 N–H and O–H groups in total. The molecule has 0 radical (unpaired) electrons. The van der Waals surface area contributed by atoms with Gasteiger partial charge in [0.05, 0.1) is 0 Å². The summed E-state index contributed by atoms with van der Waals surface area (Å²) in [7, 11) is 0. The lowest BCUT2D eigenvalue weighted by Gasteiger charge is -2.31. The summed E-state index contributed by atoms with van der Waals surface area (Å²) in [6.07, 6.45) is -9.59. The van der Waals surface area contributed by atoms with Crippen molar-refractivity contribution in [3.8, 4) is 0 Å². The molecule has 0 aliphatic heterocycles. The van der Waals surface area contributed by atoms with Gasteiger partial charge in [-0.25, -0.2) is 0 Å². The van der Waals surface area contributed by atoms with E-state index in [1.807, 2.05) is 0 Å². The largest absolute Gasteiger partial charge is 0.406 e. The summed E-state index contributed by atoms with van der Waals surface area (Å²) in [6, 6.07) is 0. The van der Waals surface area contributed by atoms with Crippen molar-refractivity contribution >= 4 is 0 Å². The summed E-state index contributed by atoms with van der Waals surface area (Å²) in [5.74, 6) is -0.367. The van der Waals surface area contributed by atoms with Crippen molar-refractivity contribution in [1.82, 2.24) is 0 Å². The Morgan fingerprint density at radius 3 is 1.40 bits per heavy atom. The molecule has 0 aliphatic rings. The lowest BCUT2D eigenvalue weighted by molar-refractivity contribution is -0.314. The summed E-state index contributed by atoms with van der Waals surface area (Å²) in [5, 5.41) is 0. The molecule has 0 saturated carbocycles. The Morgan fingerprint density at radius 2 is 1.20 bits per heavy atom. The van der Waals surface area contributed by atoms with E-state index in [0.29, 0.717) is 0 Å². The zero-order valence-electron chi connectivity index (χ0n) is 8.50. The van der Waals surface area contributed by atoms with Crippen LogP contribution >= 0.6 is 0 Å². The Bertz CT molecular complexity index is 218. The van der Waals surface area contributed by atoms with Crippen LogP contribution in [0.1, 0.15) is 20.8 Å². The lowest BCUT2D eigenvalue weighted by atomic mass is 9.87. The number of hydrogen-bond acceptors (Lipinski definition) is 0. The highest BCUT2D eigenvalue weighted by molar-refractivity contribution is 5.06. The molecular formula is C9H12F6. The molecule has 0 aromatic carbocycles. The predicted molar refractivity (Wildman–Crippen MR) is 44.2 cm³/mol. The van der Waals surface area contributed by atoms with Crippen LogP contribution < -0.4 is 0 Å². The normalized spacial score (nSPS) is 15.3. The van der Waals surface area contributed by atoms with Gasteiger partial charge in [0.15, 0.2) is 5.41 Å². The van der Waals surface area contributed by atoms with Gasteiger partial charge in [0.25, 0.3) is 0 Å². The molecule has 15 heavy (non-hydrogen) atoms. The van der Waals surface area contributed by atoms with Crippen molar-refractivity contribution in [2.45, 2.75) is 33.1 Å². The first-order valence-electron chi connectivity index (χ1n) is 4.24. The number of hydrogen-bond donors (Lipinski definition) is 0. The van der Waals surface area contributed by atoms with Gasteiger partial charge >= 0.3 is 12.4 Å². The minimum atomic E-state index is -5.34. The molecule has 0 aromatic rings. The van der Waals surface area contributed by atoms with E-state index in [2.05, 4.69) is 0 Å². The quantitative estimate of drug-likeness (QED) is 0.492. The second-order valence-electron chi connectivity index (χ2n) is 3.80. The third-order valence-corrected chi connectivity index (χ3v) is 1.99. The minimum Gasteiger partial charge on any atom is -0.170 e. The summed E-state index contributed by atoms with van der Waals surface area (Å²) >= 11 is 0. The van der Waals surface area contributed by atoms with E-state index in [1.54, 1.807) is 0 Å². The number of allylic oxidation sites excluding steroid dienone is 2. The van der Waals surface area contributed by atoms with Crippen LogP contribution in [0.2, 0.25) is 0 Å². The third-order valence-electron chi connectivity index (χ3n) is 1.99. The topological polar surface area (TPSA) is 0 Å². The lowest BCUT2D eigenvalue weighted by Crippen LogP contribution is -2.46.